The molecule has 2 unspecified atom stereocenters. The summed E-state index contributed by atoms with van der Waals surface area (Å²) in [6.07, 6.45) is 4.21. The predicted octanol–water partition coefficient (Wildman–Crippen LogP) is 4.20. The molecule has 1 saturated carbocycles. The molecule has 0 bridgehead atoms. The molecule has 0 radical (unpaired) electrons. The van der Waals surface area contributed by atoms with Gasteiger partial charge in [0.05, 0.1) is 6.10 Å². The normalized spacial score (nSPS) is 22.4. The molecular weight excluding hydrogens is 253 g/mol. The topological polar surface area (TPSA) is 35.2 Å². The summed E-state index contributed by atoms with van der Waals surface area (Å²) in [5, 5.41) is 0. The van der Waals surface area contributed by atoms with Crippen molar-refractivity contribution in [1.29, 1.82) is 0 Å². The van der Waals surface area contributed by atoms with E-state index in [1.165, 1.54) is 6.07 Å². The number of hydrogen-bond donors (Lipinski definition) is 1. The molecule has 1 aromatic rings. The fraction of sp³-hybridized carbons (Fsp3) is 0.647. The van der Waals surface area contributed by atoms with Gasteiger partial charge in [0.1, 0.15) is 11.9 Å². The Kier molecular flexibility index (Phi) is 4.82. The Labute approximate surface area is 121 Å². The van der Waals surface area contributed by atoms with Crippen LogP contribution in [0.25, 0.3) is 0 Å². The number of rotatable bonds is 4. The SMILES string of the molecule is CC(N)C(OC1CCC(C)(C)CC1)c1ccccc1F. The summed E-state index contributed by atoms with van der Waals surface area (Å²) in [5.41, 5.74) is 7.00. The highest BCUT2D eigenvalue weighted by atomic mass is 19.1. The lowest BCUT2D eigenvalue weighted by atomic mass is 9.76. The Morgan fingerprint density at radius 2 is 1.85 bits per heavy atom. The monoisotopic (exact) mass is 279 g/mol. The van der Waals surface area contributed by atoms with Gasteiger partial charge in [-0.3, -0.25) is 0 Å². The zero-order valence-corrected chi connectivity index (χ0v) is 12.7. The maximum absolute atomic E-state index is 13.9. The standard InChI is InChI=1S/C17H26FNO/c1-12(19)16(14-6-4-5-7-15(14)18)20-13-8-10-17(2,3)11-9-13/h4-7,12-13,16H,8-11,19H2,1-3H3. The van der Waals surface area contributed by atoms with Crippen LogP contribution in [0.3, 0.4) is 0 Å². The molecule has 3 heteroatoms. The second kappa shape index (κ2) is 6.23. The van der Waals surface area contributed by atoms with Crippen molar-refractivity contribution in [2.75, 3.05) is 0 Å². The van der Waals surface area contributed by atoms with E-state index in [1.807, 2.05) is 13.0 Å². The van der Waals surface area contributed by atoms with Gasteiger partial charge < -0.3 is 10.5 Å². The molecule has 0 saturated heterocycles. The Hall–Kier alpha value is -0.930. The highest BCUT2D eigenvalue weighted by Gasteiger charge is 2.30. The largest absolute Gasteiger partial charge is 0.369 e. The van der Waals surface area contributed by atoms with Crippen molar-refractivity contribution in [2.24, 2.45) is 11.1 Å². The average Bonchev–Trinajstić information content (AvgIpc) is 2.38. The Bertz CT molecular complexity index is 434. The Morgan fingerprint density at radius 3 is 2.40 bits per heavy atom. The van der Waals surface area contributed by atoms with Crippen LogP contribution in [0.1, 0.15) is 58.1 Å². The molecule has 0 heterocycles. The molecular formula is C17H26FNO. The van der Waals surface area contributed by atoms with E-state index in [2.05, 4.69) is 13.8 Å². The fourth-order valence-corrected chi connectivity index (χ4v) is 2.90. The van der Waals surface area contributed by atoms with Crippen LogP contribution in [0.4, 0.5) is 4.39 Å². The summed E-state index contributed by atoms with van der Waals surface area (Å²) in [7, 11) is 0. The molecule has 1 fully saturated rings. The van der Waals surface area contributed by atoms with Crippen molar-refractivity contribution < 1.29 is 9.13 Å². The van der Waals surface area contributed by atoms with Gasteiger partial charge in [0.2, 0.25) is 0 Å². The van der Waals surface area contributed by atoms with Crippen molar-refractivity contribution >= 4 is 0 Å². The number of halogens is 1. The lowest BCUT2D eigenvalue weighted by molar-refractivity contribution is -0.0561. The maximum atomic E-state index is 13.9. The van der Waals surface area contributed by atoms with Crippen LogP contribution in [0.2, 0.25) is 0 Å². The van der Waals surface area contributed by atoms with Gasteiger partial charge in [-0.25, -0.2) is 4.39 Å². The molecule has 1 aliphatic carbocycles. The molecule has 2 N–H and O–H groups in total. The van der Waals surface area contributed by atoms with Crippen LogP contribution in [-0.4, -0.2) is 12.1 Å². The fourth-order valence-electron chi connectivity index (χ4n) is 2.90. The van der Waals surface area contributed by atoms with Crippen LogP contribution < -0.4 is 5.73 Å². The Balaban J connectivity index is 2.06. The lowest BCUT2D eigenvalue weighted by Gasteiger charge is -2.36. The van der Waals surface area contributed by atoms with Crippen LogP contribution in [-0.2, 0) is 4.74 Å². The first kappa shape index (κ1) is 15.5. The first-order valence-electron chi connectivity index (χ1n) is 7.54. The predicted molar refractivity (Wildman–Crippen MR) is 79.9 cm³/mol. The second-order valence-corrected chi connectivity index (χ2v) is 6.80. The molecule has 0 amide bonds. The highest BCUT2D eigenvalue weighted by molar-refractivity contribution is 5.21. The van der Waals surface area contributed by atoms with E-state index in [-0.39, 0.29) is 24.1 Å². The van der Waals surface area contributed by atoms with Gasteiger partial charge in [-0.05, 0) is 44.1 Å². The minimum atomic E-state index is -0.359. The van der Waals surface area contributed by atoms with Gasteiger partial charge in [0.15, 0.2) is 0 Å². The third kappa shape index (κ3) is 3.80. The van der Waals surface area contributed by atoms with Crippen LogP contribution in [0.5, 0.6) is 0 Å². The van der Waals surface area contributed by atoms with E-state index < -0.39 is 0 Å². The number of hydrogen-bond acceptors (Lipinski definition) is 2. The van der Waals surface area contributed by atoms with E-state index >= 15 is 0 Å². The Morgan fingerprint density at radius 1 is 1.25 bits per heavy atom. The molecule has 2 atom stereocenters. The third-order valence-electron chi connectivity index (χ3n) is 4.31. The van der Waals surface area contributed by atoms with E-state index in [0.29, 0.717) is 11.0 Å². The molecule has 20 heavy (non-hydrogen) atoms. The molecule has 2 nitrogen and oxygen atoms in total. The molecule has 0 aliphatic heterocycles. The maximum Gasteiger partial charge on any atom is 0.129 e. The van der Waals surface area contributed by atoms with Crippen molar-refractivity contribution in [3.63, 3.8) is 0 Å². The van der Waals surface area contributed by atoms with E-state index in [4.69, 9.17) is 10.5 Å². The minimum Gasteiger partial charge on any atom is -0.369 e. The summed E-state index contributed by atoms with van der Waals surface area (Å²) in [6.45, 7) is 6.47. The zero-order valence-electron chi connectivity index (χ0n) is 12.7. The summed E-state index contributed by atoms with van der Waals surface area (Å²) < 4.78 is 20.1. The van der Waals surface area contributed by atoms with Crippen molar-refractivity contribution in [2.45, 2.75) is 64.7 Å². The van der Waals surface area contributed by atoms with E-state index in [1.54, 1.807) is 12.1 Å². The first-order chi connectivity index (χ1) is 9.39. The number of nitrogens with two attached hydrogens (primary N) is 1. The molecule has 0 aromatic heterocycles. The van der Waals surface area contributed by atoms with Gasteiger partial charge >= 0.3 is 0 Å². The average molecular weight is 279 g/mol. The molecule has 112 valence electrons. The van der Waals surface area contributed by atoms with Crippen LogP contribution >= 0.6 is 0 Å². The molecule has 1 aliphatic rings. The van der Waals surface area contributed by atoms with Crippen molar-refractivity contribution in [1.82, 2.24) is 0 Å². The van der Waals surface area contributed by atoms with Gasteiger partial charge in [0, 0.05) is 11.6 Å². The molecule has 1 aromatic carbocycles. The van der Waals surface area contributed by atoms with E-state index in [9.17, 15) is 4.39 Å². The first-order valence-corrected chi connectivity index (χ1v) is 7.54. The zero-order chi connectivity index (χ0) is 14.8. The summed E-state index contributed by atoms with van der Waals surface area (Å²) in [6, 6.07) is 6.55. The summed E-state index contributed by atoms with van der Waals surface area (Å²) in [5.74, 6) is -0.231. The second-order valence-electron chi connectivity index (χ2n) is 6.80. The summed E-state index contributed by atoms with van der Waals surface area (Å²) >= 11 is 0. The minimum absolute atomic E-state index is 0.193. The third-order valence-corrected chi connectivity index (χ3v) is 4.31. The van der Waals surface area contributed by atoms with Crippen molar-refractivity contribution in [3.05, 3.63) is 35.6 Å². The highest BCUT2D eigenvalue weighted by Crippen LogP contribution is 2.38. The molecule has 0 spiro atoms. The van der Waals surface area contributed by atoms with Crippen LogP contribution in [0.15, 0.2) is 24.3 Å². The molecule has 2 rings (SSSR count). The van der Waals surface area contributed by atoms with Gasteiger partial charge in [-0.2, -0.15) is 0 Å². The lowest BCUT2D eigenvalue weighted by Crippen LogP contribution is -2.34. The van der Waals surface area contributed by atoms with E-state index in [0.717, 1.165) is 25.7 Å². The van der Waals surface area contributed by atoms with Gasteiger partial charge in [-0.1, -0.05) is 32.0 Å². The van der Waals surface area contributed by atoms with Crippen molar-refractivity contribution in [3.8, 4) is 0 Å². The number of benzene rings is 1. The van der Waals surface area contributed by atoms with Crippen LogP contribution in [0, 0.1) is 11.2 Å². The van der Waals surface area contributed by atoms with Gasteiger partial charge in [-0.15, -0.1) is 0 Å². The summed E-state index contributed by atoms with van der Waals surface area (Å²) in [4.78, 5) is 0. The quantitative estimate of drug-likeness (QED) is 0.896. The smallest absolute Gasteiger partial charge is 0.129 e. The van der Waals surface area contributed by atoms with Gasteiger partial charge in [0.25, 0.3) is 0 Å². The number of ether oxygens (including phenoxy) is 1.